The molecule has 0 aromatic heterocycles. The average molecular weight is 266 g/mol. The largest absolute Gasteiger partial charge is 0.274 e. The van der Waals surface area contributed by atoms with Crippen molar-refractivity contribution < 1.29 is 9.59 Å². The number of carbonyl (C=O) groups is 2. The van der Waals surface area contributed by atoms with Crippen LogP contribution in [0.1, 0.15) is 25.3 Å². The number of hydrogen-bond acceptors (Lipinski definition) is 3. The summed E-state index contributed by atoms with van der Waals surface area (Å²) in [6.45, 7) is 1.39. The standard InChI is InChI=1S/C12H12ClN3O2/c1-8(17)16(13)10-4-2-9(3-5-10)11-6-7-12(18)15-14-11/h2-5H,6-7H2,1H3,(H,15,18). The highest BCUT2D eigenvalue weighted by Gasteiger charge is 2.14. The molecule has 0 saturated carbocycles. The fraction of sp³-hybridized carbons (Fsp3) is 0.250. The molecular weight excluding hydrogens is 254 g/mol. The van der Waals surface area contributed by atoms with Gasteiger partial charge < -0.3 is 0 Å². The van der Waals surface area contributed by atoms with E-state index in [1.165, 1.54) is 6.92 Å². The monoisotopic (exact) mass is 265 g/mol. The van der Waals surface area contributed by atoms with E-state index in [0.717, 1.165) is 15.7 Å². The molecule has 0 saturated heterocycles. The summed E-state index contributed by atoms with van der Waals surface area (Å²) < 4.78 is 1.05. The van der Waals surface area contributed by atoms with Crippen LogP contribution in [0.3, 0.4) is 0 Å². The van der Waals surface area contributed by atoms with E-state index in [4.69, 9.17) is 11.8 Å². The van der Waals surface area contributed by atoms with E-state index in [-0.39, 0.29) is 11.8 Å². The molecule has 0 atom stereocenters. The van der Waals surface area contributed by atoms with Crippen LogP contribution >= 0.6 is 11.8 Å². The predicted molar refractivity (Wildman–Crippen MR) is 69.4 cm³/mol. The van der Waals surface area contributed by atoms with Gasteiger partial charge in [0.1, 0.15) is 0 Å². The van der Waals surface area contributed by atoms with Gasteiger partial charge in [0.15, 0.2) is 0 Å². The number of carbonyl (C=O) groups excluding carboxylic acids is 2. The number of nitrogens with one attached hydrogen (secondary N) is 1. The molecule has 0 aliphatic carbocycles. The minimum Gasteiger partial charge on any atom is -0.274 e. The number of anilines is 1. The molecule has 0 unspecified atom stereocenters. The van der Waals surface area contributed by atoms with Crippen molar-refractivity contribution in [3.05, 3.63) is 29.8 Å². The highest BCUT2D eigenvalue weighted by atomic mass is 35.5. The molecule has 0 bridgehead atoms. The summed E-state index contributed by atoms with van der Waals surface area (Å²) >= 11 is 5.79. The molecule has 94 valence electrons. The predicted octanol–water partition coefficient (Wildman–Crippen LogP) is 1.81. The highest BCUT2D eigenvalue weighted by Crippen LogP contribution is 2.19. The van der Waals surface area contributed by atoms with Crippen molar-refractivity contribution in [3.8, 4) is 0 Å². The van der Waals surface area contributed by atoms with Gasteiger partial charge in [0, 0.05) is 31.5 Å². The number of nitrogens with zero attached hydrogens (tertiary/aromatic N) is 2. The van der Waals surface area contributed by atoms with Crippen molar-refractivity contribution in [2.24, 2.45) is 5.10 Å². The first kappa shape index (κ1) is 12.6. The molecule has 1 aliphatic rings. The fourth-order valence-electron chi connectivity index (χ4n) is 1.65. The summed E-state index contributed by atoms with van der Waals surface area (Å²) in [5.74, 6) is -0.314. The lowest BCUT2D eigenvalue weighted by molar-refractivity contribution is -0.121. The second-order valence-corrected chi connectivity index (χ2v) is 4.28. The number of hydrogen-bond donors (Lipinski definition) is 1. The van der Waals surface area contributed by atoms with E-state index in [2.05, 4.69) is 10.5 Å². The minimum atomic E-state index is -0.244. The third-order valence-corrected chi connectivity index (χ3v) is 3.04. The molecule has 1 aromatic carbocycles. The van der Waals surface area contributed by atoms with Gasteiger partial charge in [-0.3, -0.25) is 9.59 Å². The Morgan fingerprint density at radius 3 is 2.50 bits per heavy atom. The lowest BCUT2D eigenvalue weighted by atomic mass is 10.0. The molecule has 1 heterocycles. The number of hydrazone groups is 1. The summed E-state index contributed by atoms with van der Waals surface area (Å²) in [6.07, 6.45) is 1.05. The van der Waals surface area contributed by atoms with E-state index in [1.807, 2.05) is 12.1 Å². The van der Waals surface area contributed by atoms with Gasteiger partial charge in [-0.1, -0.05) is 12.1 Å². The Morgan fingerprint density at radius 2 is 2.00 bits per heavy atom. The lowest BCUT2D eigenvalue weighted by Gasteiger charge is -2.14. The quantitative estimate of drug-likeness (QED) is 0.829. The maximum Gasteiger partial charge on any atom is 0.240 e. The maximum atomic E-state index is 11.1. The van der Waals surface area contributed by atoms with Gasteiger partial charge >= 0.3 is 0 Å². The van der Waals surface area contributed by atoms with Crippen LogP contribution in [0.5, 0.6) is 0 Å². The topological polar surface area (TPSA) is 61.8 Å². The molecule has 2 rings (SSSR count). The van der Waals surface area contributed by atoms with Crippen LogP contribution < -0.4 is 9.84 Å². The molecule has 0 radical (unpaired) electrons. The number of halogens is 1. The summed E-state index contributed by atoms with van der Waals surface area (Å²) in [6, 6.07) is 7.12. The van der Waals surface area contributed by atoms with Crippen molar-refractivity contribution in [1.29, 1.82) is 0 Å². The van der Waals surface area contributed by atoms with E-state index in [9.17, 15) is 9.59 Å². The number of amides is 2. The van der Waals surface area contributed by atoms with Crippen LogP contribution in [-0.2, 0) is 9.59 Å². The molecule has 1 aliphatic heterocycles. The third kappa shape index (κ3) is 2.68. The maximum absolute atomic E-state index is 11.1. The Bertz CT molecular complexity index is 511. The smallest absolute Gasteiger partial charge is 0.240 e. The summed E-state index contributed by atoms with van der Waals surface area (Å²) in [7, 11) is 0. The molecular formula is C12H12ClN3O2. The number of rotatable bonds is 2. The van der Waals surface area contributed by atoms with Gasteiger partial charge in [-0.05, 0) is 17.7 Å². The molecule has 0 fully saturated rings. The van der Waals surface area contributed by atoms with Crippen molar-refractivity contribution in [1.82, 2.24) is 5.43 Å². The summed E-state index contributed by atoms with van der Waals surface area (Å²) in [5, 5.41) is 3.99. The molecule has 6 heteroatoms. The molecule has 2 amide bonds. The SMILES string of the molecule is CC(=O)N(Cl)c1ccc(C2=NNC(=O)CC2)cc1. The minimum absolute atomic E-state index is 0.0705. The van der Waals surface area contributed by atoms with Gasteiger partial charge in [-0.25, -0.2) is 9.84 Å². The zero-order chi connectivity index (χ0) is 13.1. The average Bonchev–Trinajstić information content (AvgIpc) is 2.39. The van der Waals surface area contributed by atoms with Gasteiger partial charge in [0.2, 0.25) is 11.8 Å². The Morgan fingerprint density at radius 1 is 1.33 bits per heavy atom. The van der Waals surface area contributed by atoms with E-state index in [1.54, 1.807) is 12.1 Å². The molecule has 0 spiro atoms. The first-order valence-electron chi connectivity index (χ1n) is 5.50. The van der Waals surface area contributed by atoms with Gasteiger partial charge in [-0.2, -0.15) is 5.10 Å². The van der Waals surface area contributed by atoms with Crippen LogP contribution in [-0.4, -0.2) is 17.5 Å². The van der Waals surface area contributed by atoms with E-state index >= 15 is 0 Å². The zero-order valence-corrected chi connectivity index (χ0v) is 10.6. The highest BCUT2D eigenvalue weighted by molar-refractivity contribution is 6.36. The summed E-state index contributed by atoms with van der Waals surface area (Å²) in [4.78, 5) is 22.1. The van der Waals surface area contributed by atoms with Crippen LogP contribution in [0.25, 0.3) is 0 Å². The zero-order valence-electron chi connectivity index (χ0n) is 9.81. The van der Waals surface area contributed by atoms with Crippen LogP contribution in [0, 0.1) is 0 Å². The summed E-state index contributed by atoms with van der Waals surface area (Å²) in [5.41, 5.74) is 4.78. The normalized spacial score (nSPS) is 14.8. The van der Waals surface area contributed by atoms with Crippen LogP contribution in [0.2, 0.25) is 0 Å². The van der Waals surface area contributed by atoms with Crippen molar-refractivity contribution >= 4 is 35.0 Å². The van der Waals surface area contributed by atoms with E-state index < -0.39 is 0 Å². The van der Waals surface area contributed by atoms with Gasteiger partial charge in [0.05, 0.1) is 11.4 Å². The van der Waals surface area contributed by atoms with Gasteiger partial charge in [0.25, 0.3) is 0 Å². The number of benzene rings is 1. The molecule has 1 aromatic rings. The molecule has 18 heavy (non-hydrogen) atoms. The lowest BCUT2D eigenvalue weighted by Crippen LogP contribution is -2.25. The third-order valence-electron chi connectivity index (χ3n) is 2.61. The van der Waals surface area contributed by atoms with Crippen LogP contribution in [0.15, 0.2) is 29.4 Å². The Labute approximate surface area is 110 Å². The molecule has 1 N–H and O–H groups in total. The fourth-order valence-corrected chi connectivity index (χ4v) is 1.76. The van der Waals surface area contributed by atoms with Crippen molar-refractivity contribution in [2.75, 3.05) is 4.42 Å². The second kappa shape index (κ2) is 5.18. The molecule has 5 nitrogen and oxygen atoms in total. The Hall–Kier alpha value is -1.88. The van der Waals surface area contributed by atoms with Crippen molar-refractivity contribution in [3.63, 3.8) is 0 Å². The first-order chi connectivity index (χ1) is 8.58. The second-order valence-electron chi connectivity index (χ2n) is 3.94. The first-order valence-corrected chi connectivity index (χ1v) is 5.84. The van der Waals surface area contributed by atoms with E-state index in [0.29, 0.717) is 18.5 Å². The van der Waals surface area contributed by atoms with Crippen LogP contribution in [0.4, 0.5) is 5.69 Å². The Balaban J connectivity index is 2.18. The van der Waals surface area contributed by atoms with Gasteiger partial charge in [-0.15, -0.1) is 0 Å². The van der Waals surface area contributed by atoms with Crippen molar-refractivity contribution in [2.45, 2.75) is 19.8 Å². The Kier molecular flexibility index (Phi) is 3.62.